The molecule has 8 nitrogen and oxygen atoms in total. The fourth-order valence-electron chi connectivity index (χ4n) is 3.37. The third-order valence-electron chi connectivity index (χ3n) is 4.92. The molecule has 1 aliphatic heterocycles. The van der Waals surface area contributed by atoms with E-state index in [-0.39, 0.29) is 36.4 Å². The summed E-state index contributed by atoms with van der Waals surface area (Å²) in [5.74, 6) is -0.887. The lowest BCUT2D eigenvalue weighted by Gasteiger charge is -2.25. The van der Waals surface area contributed by atoms with Gasteiger partial charge in [-0.1, -0.05) is 48.6 Å². The molecule has 2 aromatic carbocycles. The number of amidine groups is 1. The highest BCUT2D eigenvalue weighted by Crippen LogP contribution is 2.19. The van der Waals surface area contributed by atoms with Crippen LogP contribution in [-0.4, -0.2) is 39.7 Å². The first kappa shape index (κ1) is 20.1. The summed E-state index contributed by atoms with van der Waals surface area (Å²) in [6.45, 7) is 0.304. The van der Waals surface area contributed by atoms with E-state index in [4.69, 9.17) is 0 Å². The second-order valence-corrected chi connectivity index (χ2v) is 7.08. The van der Waals surface area contributed by atoms with Crippen molar-refractivity contribution >= 4 is 29.0 Å². The van der Waals surface area contributed by atoms with Crippen LogP contribution in [0.1, 0.15) is 15.9 Å². The third kappa shape index (κ3) is 4.53. The molecule has 2 amide bonds. The second kappa shape index (κ2) is 8.66. The number of carbonyl (C=O) groups excluding carboxylic acids is 2. The Morgan fingerprint density at radius 1 is 1.00 bits per heavy atom. The van der Waals surface area contributed by atoms with E-state index in [1.54, 1.807) is 24.3 Å². The molecule has 2 aromatic rings. The Labute approximate surface area is 178 Å². The number of hydrogen-bond acceptors (Lipinski definition) is 5. The van der Waals surface area contributed by atoms with Crippen LogP contribution in [0.25, 0.3) is 0 Å². The molecule has 4 rings (SSSR count). The van der Waals surface area contributed by atoms with Gasteiger partial charge in [-0.3, -0.25) is 19.7 Å². The molecule has 31 heavy (non-hydrogen) atoms. The van der Waals surface area contributed by atoms with Crippen LogP contribution in [0.3, 0.4) is 0 Å². The predicted octanol–water partition coefficient (Wildman–Crippen LogP) is 3.36. The summed E-state index contributed by atoms with van der Waals surface area (Å²) in [5, 5.41) is 10.9. The van der Waals surface area contributed by atoms with E-state index in [0.29, 0.717) is 11.3 Å². The normalized spacial score (nSPS) is 16.9. The Bertz CT molecular complexity index is 1150. The molecule has 0 N–H and O–H groups in total. The lowest BCUT2D eigenvalue weighted by Crippen LogP contribution is -2.37. The lowest BCUT2D eigenvalue weighted by molar-refractivity contribution is -0.384. The Hall–Kier alpha value is -4.20. The van der Waals surface area contributed by atoms with Gasteiger partial charge in [0.25, 0.3) is 17.5 Å². The Morgan fingerprint density at radius 2 is 1.74 bits per heavy atom. The van der Waals surface area contributed by atoms with Crippen molar-refractivity contribution in [2.45, 2.75) is 6.54 Å². The maximum Gasteiger partial charge on any atom is 0.269 e. The number of amides is 2. The van der Waals surface area contributed by atoms with Crippen molar-refractivity contribution in [3.8, 4) is 0 Å². The standard InChI is InChI=1S/C23H18N4O4/c28-22-19-8-4-5-9-20(19)24-21(25-22)15-26(14-16-6-2-1-3-7-16)23(29)17-10-12-18(13-11-17)27(30)31/h1-13,19H,14-15H2. The zero-order valence-electron chi connectivity index (χ0n) is 16.4. The van der Waals surface area contributed by atoms with Gasteiger partial charge in [-0.2, -0.15) is 4.99 Å². The largest absolute Gasteiger partial charge is 0.327 e. The number of nitro groups is 1. The third-order valence-corrected chi connectivity index (χ3v) is 4.92. The molecule has 0 bridgehead atoms. The van der Waals surface area contributed by atoms with Gasteiger partial charge in [0, 0.05) is 24.2 Å². The van der Waals surface area contributed by atoms with E-state index in [1.807, 2.05) is 30.3 Å². The van der Waals surface area contributed by atoms with Crippen LogP contribution in [0, 0.1) is 16.0 Å². The number of allylic oxidation sites excluding steroid dienone is 3. The van der Waals surface area contributed by atoms with Crippen molar-refractivity contribution in [1.29, 1.82) is 0 Å². The van der Waals surface area contributed by atoms with Gasteiger partial charge in [-0.25, -0.2) is 4.99 Å². The number of carbonyl (C=O) groups is 2. The molecule has 0 saturated carbocycles. The number of non-ortho nitro benzene ring substituents is 1. The van der Waals surface area contributed by atoms with E-state index >= 15 is 0 Å². The molecule has 1 unspecified atom stereocenters. The molecule has 1 aliphatic carbocycles. The van der Waals surface area contributed by atoms with Gasteiger partial charge in [-0.05, 0) is 23.8 Å². The van der Waals surface area contributed by atoms with E-state index < -0.39 is 10.8 Å². The molecule has 1 atom stereocenters. The average Bonchev–Trinajstić information content (AvgIpc) is 2.79. The van der Waals surface area contributed by atoms with Crippen molar-refractivity contribution in [3.63, 3.8) is 0 Å². The van der Waals surface area contributed by atoms with Gasteiger partial charge in [0.15, 0.2) is 5.84 Å². The molecule has 8 heteroatoms. The fraction of sp³-hybridized carbons (Fsp3) is 0.130. The van der Waals surface area contributed by atoms with Gasteiger partial charge >= 0.3 is 0 Å². The molecule has 0 aromatic heterocycles. The number of rotatable bonds is 6. The Morgan fingerprint density at radius 3 is 2.45 bits per heavy atom. The molecular weight excluding hydrogens is 396 g/mol. The Balaban J connectivity index is 1.61. The molecule has 0 radical (unpaired) electrons. The van der Waals surface area contributed by atoms with Crippen molar-refractivity contribution in [2.24, 2.45) is 15.9 Å². The summed E-state index contributed by atoms with van der Waals surface area (Å²) in [6.07, 6.45) is 7.08. The second-order valence-electron chi connectivity index (χ2n) is 7.08. The fourth-order valence-corrected chi connectivity index (χ4v) is 3.37. The monoisotopic (exact) mass is 414 g/mol. The number of nitrogens with zero attached hydrogens (tertiary/aromatic N) is 4. The van der Waals surface area contributed by atoms with E-state index in [2.05, 4.69) is 9.98 Å². The summed E-state index contributed by atoms with van der Waals surface area (Å²) in [7, 11) is 0. The van der Waals surface area contributed by atoms with Crippen LogP contribution in [0.2, 0.25) is 0 Å². The minimum atomic E-state index is -0.517. The molecule has 0 spiro atoms. The van der Waals surface area contributed by atoms with E-state index in [9.17, 15) is 19.7 Å². The van der Waals surface area contributed by atoms with Crippen LogP contribution >= 0.6 is 0 Å². The molecular formula is C23H18N4O4. The van der Waals surface area contributed by atoms with Gasteiger partial charge < -0.3 is 4.90 Å². The van der Waals surface area contributed by atoms with Crippen LogP contribution < -0.4 is 0 Å². The highest BCUT2D eigenvalue weighted by molar-refractivity contribution is 6.21. The van der Waals surface area contributed by atoms with Gasteiger partial charge in [0.2, 0.25) is 0 Å². The summed E-state index contributed by atoms with van der Waals surface area (Å²) in [6, 6.07) is 14.8. The first-order valence-corrected chi connectivity index (χ1v) is 9.64. The predicted molar refractivity (Wildman–Crippen MR) is 116 cm³/mol. The van der Waals surface area contributed by atoms with Crippen molar-refractivity contribution in [2.75, 3.05) is 6.54 Å². The number of aliphatic imine (C=N–C) groups is 2. The average molecular weight is 414 g/mol. The first-order valence-electron chi connectivity index (χ1n) is 9.64. The number of nitro benzene ring substituents is 1. The van der Waals surface area contributed by atoms with Crippen molar-refractivity contribution in [1.82, 2.24) is 4.90 Å². The van der Waals surface area contributed by atoms with Crippen LogP contribution in [0.15, 0.2) is 88.9 Å². The number of fused-ring (bicyclic) bond motifs is 1. The molecule has 1 heterocycles. The van der Waals surface area contributed by atoms with Gasteiger partial charge in [0.1, 0.15) is 5.92 Å². The number of hydrogen-bond donors (Lipinski definition) is 0. The summed E-state index contributed by atoms with van der Waals surface area (Å²) in [5.41, 5.74) is 1.70. The zero-order chi connectivity index (χ0) is 21.8. The SMILES string of the molecule is O=C1N=C(CN(Cc2ccccc2)C(=O)c2ccc([N+](=O)[O-])cc2)N=C2C=CC=CC12. The van der Waals surface area contributed by atoms with Crippen LogP contribution in [-0.2, 0) is 11.3 Å². The van der Waals surface area contributed by atoms with Crippen LogP contribution in [0.5, 0.6) is 0 Å². The minimum Gasteiger partial charge on any atom is -0.327 e. The maximum atomic E-state index is 13.2. The first-order chi connectivity index (χ1) is 15.0. The smallest absolute Gasteiger partial charge is 0.269 e. The van der Waals surface area contributed by atoms with Gasteiger partial charge in [0.05, 0.1) is 17.2 Å². The quantitative estimate of drug-likeness (QED) is 0.534. The number of benzene rings is 2. The molecule has 154 valence electrons. The molecule has 0 fully saturated rings. The zero-order valence-corrected chi connectivity index (χ0v) is 16.4. The minimum absolute atomic E-state index is 0.0320. The maximum absolute atomic E-state index is 13.2. The highest BCUT2D eigenvalue weighted by atomic mass is 16.6. The van der Waals surface area contributed by atoms with E-state index in [0.717, 1.165) is 5.56 Å². The Kier molecular flexibility index (Phi) is 5.61. The van der Waals surface area contributed by atoms with Crippen molar-refractivity contribution < 1.29 is 14.5 Å². The summed E-state index contributed by atoms with van der Waals surface area (Å²) >= 11 is 0. The lowest BCUT2D eigenvalue weighted by atomic mass is 9.96. The van der Waals surface area contributed by atoms with Gasteiger partial charge in [-0.15, -0.1) is 0 Å². The molecule has 2 aliphatic rings. The van der Waals surface area contributed by atoms with E-state index in [1.165, 1.54) is 29.2 Å². The summed E-state index contributed by atoms with van der Waals surface area (Å²) < 4.78 is 0. The summed E-state index contributed by atoms with van der Waals surface area (Å²) in [4.78, 5) is 46.1. The topological polar surface area (TPSA) is 105 Å². The van der Waals surface area contributed by atoms with Crippen molar-refractivity contribution in [3.05, 3.63) is 100 Å². The molecule has 0 saturated heterocycles. The highest BCUT2D eigenvalue weighted by Gasteiger charge is 2.28. The van der Waals surface area contributed by atoms with Crippen LogP contribution in [0.4, 0.5) is 5.69 Å².